The molecule has 0 radical (unpaired) electrons. The van der Waals surface area contributed by atoms with Gasteiger partial charge in [-0.25, -0.2) is 13.1 Å². The number of nitrogens with zero attached hydrogens (tertiary/aromatic N) is 2. The molecule has 1 N–H and O–H groups in total. The second-order valence-electron chi connectivity index (χ2n) is 6.24. The fourth-order valence-corrected chi connectivity index (χ4v) is 4.27. The predicted octanol–water partition coefficient (Wildman–Crippen LogP) is 0.671. The van der Waals surface area contributed by atoms with E-state index in [0.717, 1.165) is 30.8 Å². The van der Waals surface area contributed by atoms with E-state index in [1.165, 1.54) is 6.26 Å². The average molecular weight is 325 g/mol. The molecule has 1 aromatic rings. The fraction of sp³-hybridized carbons (Fsp3) is 0.667. The van der Waals surface area contributed by atoms with Crippen molar-refractivity contribution in [3.8, 4) is 0 Å². The first-order valence-electron chi connectivity index (χ1n) is 7.68. The summed E-state index contributed by atoms with van der Waals surface area (Å²) in [6.07, 6.45) is 3.20. The fourth-order valence-electron chi connectivity index (χ4n) is 3.51. The van der Waals surface area contributed by atoms with Crippen LogP contribution in [0.25, 0.3) is 0 Å². The minimum Gasteiger partial charge on any atom is -0.375 e. The van der Waals surface area contributed by atoms with Crippen LogP contribution in [0.3, 0.4) is 0 Å². The van der Waals surface area contributed by atoms with Crippen molar-refractivity contribution < 1.29 is 13.2 Å². The third kappa shape index (κ3) is 3.65. The lowest BCUT2D eigenvalue weighted by molar-refractivity contribution is -0.0195. The van der Waals surface area contributed by atoms with Crippen LogP contribution in [0.4, 0.5) is 0 Å². The quantitative estimate of drug-likeness (QED) is 0.881. The maximum atomic E-state index is 11.6. The molecule has 1 aromatic heterocycles. The van der Waals surface area contributed by atoms with Crippen molar-refractivity contribution in [3.63, 3.8) is 0 Å². The highest BCUT2D eigenvalue weighted by Crippen LogP contribution is 2.30. The van der Waals surface area contributed by atoms with Gasteiger partial charge in [-0.15, -0.1) is 0 Å². The molecule has 0 aromatic carbocycles. The summed E-state index contributed by atoms with van der Waals surface area (Å²) < 4.78 is 31.7. The Morgan fingerprint density at radius 3 is 3.00 bits per heavy atom. The van der Waals surface area contributed by atoms with Crippen LogP contribution in [0.2, 0.25) is 0 Å². The molecular formula is C15H23N3O3S. The molecule has 2 fully saturated rings. The van der Waals surface area contributed by atoms with Crippen LogP contribution in [0, 0.1) is 6.92 Å². The molecule has 122 valence electrons. The van der Waals surface area contributed by atoms with Crippen LogP contribution >= 0.6 is 0 Å². The average Bonchev–Trinajstić information content (AvgIpc) is 2.75. The van der Waals surface area contributed by atoms with Crippen molar-refractivity contribution in [1.29, 1.82) is 0 Å². The lowest BCUT2D eigenvalue weighted by atomic mass is 10.0. The van der Waals surface area contributed by atoms with Crippen LogP contribution in [-0.4, -0.2) is 55.9 Å². The number of nitrogens with one attached hydrogen (secondary N) is 1. The van der Waals surface area contributed by atoms with E-state index in [1.807, 2.05) is 25.1 Å². The number of sulfonamides is 1. The minimum atomic E-state index is -3.23. The van der Waals surface area contributed by atoms with E-state index in [0.29, 0.717) is 13.2 Å². The van der Waals surface area contributed by atoms with E-state index in [1.54, 1.807) is 0 Å². The van der Waals surface area contributed by atoms with E-state index < -0.39 is 10.0 Å². The number of ether oxygens (including phenoxy) is 1. The first kappa shape index (κ1) is 15.9. The van der Waals surface area contributed by atoms with Gasteiger partial charge in [-0.1, -0.05) is 6.07 Å². The van der Waals surface area contributed by atoms with Crippen LogP contribution in [-0.2, 0) is 21.3 Å². The highest BCUT2D eigenvalue weighted by atomic mass is 32.2. The van der Waals surface area contributed by atoms with Gasteiger partial charge in [0, 0.05) is 31.4 Å². The van der Waals surface area contributed by atoms with E-state index in [9.17, 15) is 8.42 Å². The summed E-state index contributed by atoms with van der Waals surface area (Å²) in [6.45, 7) is 4.08. The van der Waals surface area contributed by atoms with E-state index in [2.05, 4.69) is 14.6 Å². The number of fused-ring (bicyclic) bond motifs is 1. The van der Waals surface area contributed by atoms with Crippen LogP contribution in [0.15, 0.2) is 18.2 Å². The smallest absolute Gasteiger partial charge is 0.209 e. The van der Waals surface area contributed by atoms with E-state index in [4.69, 9.17) is 4.74 Å². The van der Waals surface area contributed by atoms with Crippen molar-refractivity contribution in [3.05, 3.63) is 29.6 Å². The molecule has 0 saturated carbocycles. The van der Waals surface area contributed by atoms with E-state index in [-0.39, 0.29) is 18.2 Å². The summed E-state index contributed by atoms with van der Waals surface area (Å²) in [5, 5.41) is 0. The Labute approximate surface area is 131 Å². The third-order valence-corrected chi connectivity index (χ3v) is 5.04. The Bertz CT molecular complexity index is 635. The topological polar surface area (TPSA) is 71.5 Å². The summed E-state index contributed by atoms with van der Waals surface area (Å²) in [5.74, 6) is 0. The molecule has 0 aliphatic carbocycles. The van der Waals surface area contributed by atoms with Gasteiger partial charge in [0.1, 0.15) is 0 Å². The molecule has 0 bridgehead atoms. The predicted molar refractivity (Wildman–Crippen MR) is 83.9 cm³/mol. The molecule has 0 amide bonds. The Morgan fingerprint density at radius 1 is 1.45 bits per heavy atom. The largest absolute Gasteiger partial charge is 0.375 e. The van der Waals surface area contributed by atoms with Gasteiger partial charge < -0.3 is 4.74 Å². The van der Waals surface area contributed by atoms with Gasteiger partial charge >= 0.3 is 0 Å². The number of hydrogen-bond acceptors (Lipinski definition) is 5. The summed E-state index contributed by atoms with van der Waals surface area (Å²) in [6, 6.07) is 6.09. The highest BCUT2D eigenvalue weighted by Gasteiger charge is 2.44. The van der Waals surface area contributed by atoms with Crippen molar-refractivity contribution in [1.82, 2.24) is 14.6 Å². The molecule has 2 saturated heterocycles. The molecule has 0 spiro atoms. The summed E-state index contributed by atoms with van der Waals surface area (Å²) in [5.41, 5.74) is 2.02. The summed E-state index contributed by atoms with van der Waals surface area (Å²) in [7, 11) is -3.23. The molecule has 2 aliphatic rings. The third-order valence-electron chi connectivity index (χ3n) is 4.31. The zero-order chi connectivity index (χ0) is 15.7. The molecular weight excluding hydrogens is 302 g/mol. The van der Waals surface area contributed by atoms with Crippen molar-refractivity contribution >= 4 is 10.0 Å². The van der Waals surface area contributed by atoms with Crippen molar-refractivity contribution in [2.75, 3.05) is 19.4 Å². The maximum Gasteiger partial charge on any atom is 0.209 e. The van der Waals surface area contributed by atoms with Gasteiger partial charge in [-0.2, -0.15) is 0 Å². The second kappa shape index (κ2) is 6.23. The van der Waals surface area contributed by atoms with E-state index >= 15 is 0 Å². The number of likely N-dealkylation sites (tertiary alicyclic amines) is 1. The Morgan fingerprint density at radius 2 is 2.27 bits per heavy atom. The lowest BCUT2D eigenvalue weighted by Crippen LogP contribution is -2.47. The standard InChI is InChI=1S/C15H23N3O3S/c1-11-5-3-6-12(16-11)9-18-10-13(17-22(2,19)20)15-14(18)7-4-8-21-15/h3,5-6,13-15,17H,4,7-10H2,1-2H3/t13-,14-,15-/m0/s1. The number of rotatable bonds is 4. The molecule has 6 nitrogen and oxygen atoms in total. The Hall–Kier alpha value is -1.02. The summed E-state index contributed by atoms with van der Waals surface area (Å²) in [4.78, 5) is 6.85. The van der Waals surface area contributed by atoms with Crippen LogP contribution in [0.5, 0.6) is 0 Å². The molecule has 3 atom stereocenters. The molecule has 3 rings (SSSR count). The Balaban J connectivity index is 1.76. The van der Waals surface area contributed by atoms with Crippen LogP contribution in [0.1, 0.15) is 24.2 Å². The van der Waals surface area contributed by atoms with Crippen LogP contribution < -0.4 is 4.72 Å². The van der Waals surface area contributed by atoms with Gasteiger partial charge in [-0.3, -0.25) is 9.88 Å². The number of pyridine rings is 1. The monoisotopic (exact) mass is 325 g/mol. The molecule has 7 heteroatoms. The first-order valence-corrected chi connectivity index (χ1v) is 9.57. The zero-order valence-electron chi connectivity index (χ0n) is 13.0. The van der Waals surface area contributed by atoms with Gasteiger partial charge in [0.25, 0.3) is 0 Å². The molecule has 2 aliphatic heterocycles. The highest BCUT2D eigenvalue weighted by molar-refractivity contribution is 7.88. The first-order chi connectivity index (χ1) is 10.4. The maximum absolute atomic E-state index is 11.6. The van der Waals surface area contributed by atoms with Crippen molar-refractivity contribution in [2.24, 2.45) is 0 Å². The summed E-state index contributed by atoms with van der Waals surface area (Å²) >= 11 is 0. The molecule has 0 unspecified atom stereocenters. The molecule has 3 heterocycles. The molecule has 22 heavy (non-hydrogen) atoms. The normalized spacial score (nSPS) is 29.5. The SMILES string of the molecule is Cc1cccc(CN2C[C@H](NS(C)(=O)=O)[C@@H]3OCCC[C@@H]32)n1. The number of aryl methyl sites for hydroxylation is 1. The zero-order valence-corrected chi connectivity index (χ0v) is 13.8. The van der Waals surface area contributed by atoms with Crippen molar-refractivity contribution in [2.45, 2.75) is 44.5 Å². The number of aromatic nitrogens is 1. The van der Waals surface area contributed by atoms with Gasteiger partial charge in [0.05, 0.1) is 24.1 Å². The minimum absolute atomic E-state index is 0.0618. The second-order valence-corrected chi connectivity index (χ2v) is 8.02. The van der Waals surface area contributed by atoms with Gasteiger partial charge in [0.15, 0.2) is 0 Å². The lowest BCUT2D eigenvalue weighted by Gasteiger charge is -2.32. The van der Waals surface area contributed by atoms with Gasteiger partial charge in [-0.05, 0) is 31.9 Å². The van der Waals surface area contributed by atoms with Gasteiger partial charge in [0.2, 0.25) is 10.0 Å². The number of hydrogen-bond donors (Lipinski definition) is 1. The Kier molecular flexibility index (Phi) is 4.49.